The lowest BCUT2D eigenvalue weighted by molar-refractivity contribution is -0.119. The Kier molecular flexibility index (Phi) is 4.56. The number of benzene rings is 2. The van der Waals surface area contributed by atoms with Crippen LogP contribution in [0.15, 0.2) is 42.5 Å². The van der Waals surface area contributed by atoms with E-state index < -0.39 is 5.82 Å². The van der Waals surface area contributed by atoms with Gasteiger partial charge in [-0.15, -0.1) is 0 Å². The molecule has 2 aromatic carbocycles. The summed E-state index contributed by atoms with van der Waals surface area (Å²) in [4.78, 5) is 29.2. The fourth-order valence-corrected chi connectivity index (χ4v) is 3.49. The van der Waals surface area contributed by atoms with Crippen LogP contribution in [-0.2, 0) is 4.79 Å². The number of fused-ring (bicyclic) bond motifs is 1. The molecule has 2 aromatic rings. The fourth-order valence-electron chi connectivity index (χ4n) is 3.49. The van der Waals surface area contributed by atoms with Crippen molar-refractivity contribution in [3.05, 3.63) is 53.8 Å². The molecule has 0 N–H and O–H groups in total. The zero-order valence-corrected chi connectivity index (χ0v) is 15.2. The number of halogens is 1. The highest BCUT2D eigenvalue weighted by Crippen LogP contribution is 2.38. The SMILES string of the molecule is COc1ccc(C(=O)N2CCCN(C(=O)C3CC3)c3ccccc32)cc1F. The van der Waals surface area contributed by atoms with E-state index >= 15 is 0 Å². The molecule has 2 amide bonds. The number of hydrogen-bond donors (Lipinski definition) is 0. The Bertz CT molecular complexity index is 895. The lowest BCUT2D eigenvalue weighted by Gasteiger charge is -2.25. The van der Waals surface area contributed by atoms with Gasteiger partial charge in [-0.2, -0.15) is 0 Å². The molecule has 0 radical (unpaired) electrons. The third kappa shape index (κ3) is 3.27. The summed E-state index contributed by atoms with van der Waals surface area (Å²) in [5.74, 6) is -0.519. The number of methoxy groups -OCH3 is 1. The summed E-state index contributed by atoms with van der Waals surface area (Å²) >= 11 is 0. The molecule has 0 saturated heterocycles. The van der Waals surface area contributed by atoms with Gasteiger partial charge in [-0.3, -0.25) is 9.59 Å². The van der Waals surface area contributed by atoms with Crippen molar-refractivity contribution < 1.29 is 18.7 Å². The van der Waals surface area contributed by atoms with Gasteiger partial charge in [0, 0.05) is 24.6 Å². The van der Waals surface area contributed by atoms with E-state index in [2.05, 4.69) is 0 Å². The Labute approximate surface area is 157 Å². The van der Waals surface area contributed by atoms with E-state index in [1.165, 1.54) is 19.2 Å². The molecule has 4 rings (SSSR count). The summed E-state index contributed by atoms with van der Waals surface area (Å²) in [5.41, 5.74) is 1.68. The quantitative estimate of drug-likeness (QED) is 0.831. The number of carbonyl (C=O) groups excluding carboxylic acids is 2. The maximum Gasteiger partial charge on any atom is 0.258 e. The van der Waals surface area contributed by atoms with Crippen molar-refractivity contribution in [1.29, 1.82) is 0 Å². The second-order valence-electron chi connectivity index (χ2n) is 6.91. The molecule has 0 atom stereocenters. The first-order valence-electron chi connectivity index (χ1n) is 9.16. The van der Waals surface area contributed by atoms with Gasteiger partial charge in [-0.25, -0.2) is 4.39 Å². The summed E-state index contributed by atoms with van der Waals surface area (Å²) in [6.07, 6.45) is 2.54. The molecule has 1 aliphatic heterocycles. The van der Waals surface area contributed by atoms with Crippen LogP contribution in [0.2, 0.25) is 0 Å². The molecule has 0 aromatic heterocycles. The van der Waals surface area contributed by atoms with Crippen LogP contribution in [0.4, 0.5) is 15.8 Å². The third-order valence-corrected chi connectivity index (χ3v) is 5.06. The van der Waals surface area contributed by atoms with Gasteiger partial charge in [-0.05, 0) is 49.6 Å². The van der Waals surface area contributed by atoms with Crippen molar-refractivity contribution in [3.8, 4) is 5.75 Å². The summed E-state index contributed by atoms with van der Waals surface area (Å²) in [6, 6.07) is 11.6. The number of rotatable bonds is 3. The van der Waals surface area contributed by atoms with E-state index in [0.29, 0.717) is 25.2 Å². The number of ether oxygens (including phenoxy) is 1. The van der Waals surface area contributed by atoms with Crippen LogP contribution in [0.5, 0.6) is 5.75 Å². The summed E-state index contributed by atoms with van der Waals surface area (Å²) < 4.78 is 19.0. The third-order valence-electron chi connectivity index (χ3n) is 5.06. The molecule has 1 aliphatic carbocycles. The van der Waals surface area contributed by atoms with Crippen LogP contribution >= 0.6 is 0 Å². The molecule has 0 bridgehead atoms. The maximum atomic E-state index is 14.1. The van der Waals surface area contributed by atoms with Gasteiger partial charge in [0.2, 0.25) is 5.91 Å². The topological polar surface area (TPSA) is 49.9 Å². The van der Waals surface area contributed by atoms with E-state index in [1.807, 2.05) is 24.3 Å². The predicted molar refractivity (Wildman–Crippen MR) is 101 cm³/mol. The van der Waals surface area contributed by atoms with E-state index in [1.54, 1.807) is 15.9 Å². The first-order chi connectivity index (χ1) is 13.1. The average molecular weight is 368 g/mol. The zero-order chi connectivity index (χ0) is 19.0. The maximum absolute atomic E-state index is 14.1. The smallest absolute Gasteiger partial charge is 0.258 e. The monoisotopic (exact) mass is 368 g/mol. The predicted octanol–water partition coefficient (Wildman–Crippen LogP) is 3.63. The molecule has 1 saturated carbocycles. The molecule has 1 heterocycles. The van der Waals surface area contributed by atoms with Crippen molar-refractivity contribution in [2.45, 2.75) is 19.3 Å². The molecule has 5 nitrogen and oxygen atoms in total. The first kappa shape index (κ1) is 17.5. The fraction of sp³-hybridized carbons (Fsp3) is 0.333. The zero-order valence-electron chi connectivity index (χ0n) is 15.2. The number of anilines is 2. The standard InChI is InChI=1S/C21H21FN2O3/c1-27-19-10-9-15(13-16(19)22)21(26)24-12-4-11-23(20(25)14-7-8-14)17-5-2-3-6-18(17)24/h2-3,5-6,9-10,13-14H,4,7-8,11-12H2,1H3. The summed E-state index contributed by atoms with van der Waals surface area (Å²) in [6.45, 7) is 1.05. The van der Waals surface area contributed by atoms with E-state index in [-0.39, 0.29) is 29.0 Å². The van der Waals surface area contributed by atoms with Gasteiger partial charge < -0.3 is 14.5 Å². The van der Waals surface area contributed by atoms with E-state index in [0.717, 1.165) is 18.5 Å². The van der Waals surface area contributed by atoms with Crippen molar-refractivity contribution >= 4 is 23.2 Å². The first-order valence-corrected chi connectivity index (χ1v) is 9.16. The van der Waals surface area contributed by atoms with Gasteiger partial charge in [0.25, 0.3) is 5.91 Å². The lowest BCUT2D eigenvalue weighted by atomic mass is 10.1. The molecule has 2 aliphatic rings. The van der Waals surface area contributed by atoms with Crippen LogP contribution in [-0.4, -0.2) is 32.0 Å². The molecule has 140 valence electrons. The van der Waals surface area contributed by atoms with Crippen LogP contribution in [0.25, 0.3) is 0 Å². The van der Waals surface area contributed by atoms with Gasteiger partial charge in [0.05, 0.1) is 18.5 Å². The van der Waals surface area contributed by atoms with E-state index in [9.17, 15) is 14.0 Å². The highest BCUT2D eigenvalue weighted by Gasteiger charge is 2.36. The molecule has 0 unspecified atom stereocenters. The molecule has 1 fully saturated rings. The van der Waals surface area contributed by atoms with Gasteiger partial charge in [-0.1, -0.05) is 12.1 Å². The van der Waals surface area contributed by atoms with Crippen molar-refractivity contribution in [1.82, 2.24) is 0 Å². The van der Waals surface area contributed by atoms with Crippen LogP contribution < -0.4 is 14.5 Å². The second kappa shape index (κ2) is 7.02. The van der Waals surface area contributed by atoms with Crippen molar-refractivity contribution in [2.24, 2.45) is 5.92 Å². The molecular weight excluding hydrogens is 347 g/mol. The average Bonchev–Trinajstić information content (AvgIpc) is 3.53. The Morgan fingerprint density at radius 3 is 2.33 bits per heavy atom. The molecule has 6 heteroatoms. The summed E-state index contributed by atoms with van der Waals surface area (Å²) in [7, 11) is 1.39. The Balaban J connectivity index is 1.69. The van der Waals surface area contributed by atoms with Crippen LogP contribution in [0, 0.1) is 11.7 Å². The van der Waals surface area contributed by atoms with Gasteiger partial charge >= 0.3 is 0 Å². The number of amides is 2. The molecule has 0 spiro atoms. The molecular formula is C21H21FN2O3. The number of carbonyl (C=O) groups is 2. The van der Waals surface area contributed by atoms with E-state index in [4.69, 9.17) is 4.74 Å². The largest absolute Gasteiger partial charge is 0.494 e. The lowest BCUT2D eigenvalue weighted by Crippen LogP contribution is -2.32. The minimum atomic E-state index is -0.572. The normalized spacial score (nSPS) is 16.5. The number of para-hydroxylation sites is 2. The van der Waals surface area contributed by atoms with Crippen LogP contribution in [0.3, 0.4) is 0 Å². The Hall–Kier alpha value is -2.89. The Morgan fingerprint density at radius 1 is 1.04 bits per heavy atom. The van der Waals surface area contributed by atoms with Crippen LogP contribution in [0.1, 0.15) is 29.6 Å². The highest BCUT2D eigenvalue weighted by atomic mass is 19.1. The minimum absolute atomic E-state index is 0.101. The highest BCUT2D eigenvalue weighted by molar-refractivity contribution is 6.10. The number of nitrogens with zero attached hydrogens (tertiary/aromatic N) is 2. The minimum Gasteiger partial charge on any atom is -0.494 e. The van der Waals surface area contributed by atoms with Crippen molar-refractivity contribution in [2.75, 3.05) is 30.0 Å². The Morgan fingerprint density at radius 2 is 1.70 bits per heavy atom. The van der Waals surface area contributed by atoms with Gasteiger partial charge in [0.15, 0.2) is 11.6 Å². The molecule has 27 heavy (non-hydrogen) atoms. The summed E-state index contributed by atoms with van der Waals surface area (Å²) in [5, 5.41) is 0. The van der Waals surface area contributed by atoms with Gasteiger partial charge in [0.1, 0.15) is 0 Å². The van der Waals surface area contributed by atoms with Crippen molar-refractivity contribution in [3.63, 3.8) is 0 Å². The second-order valence-corrected chi connectivity index (χ2v) is 6.91. The number of hydrogen-bond acceptors (Lipinski definition) is 3.